The van der Waals surface area contributed by atoms with Gasteiger partial charge in [0.15, 0.2) is 0 Å². The number of nitrogens with zero attached hydrogens (tertiary/aromatic N) is 1. The molecular weight excluding hydrogens is 312 g/mol. The maximum absolute atomic E-state index is 12.4. The van der Waals surface area contributed by atoms with Gasteiger partial charge >= 0.3 is 5.97 Å². The quantitative estimate of drug-likeness (QED) is 0.715. The number of esters is 1. The molecule has 0 atom stereocenters. The lowest BCUT2D eigenvalue weighted by molar-refractivity contribution is 0.0465. The highest BCUT2D eigenvalue weighted by Gasteiger charge is 2.19. The monoisotopic (exact) mass is 330 g/mol. The van der Waals surface area contributed by atoms with Crippen LogP contribution in [0.5, 0.6) is 0 Å². The number of rotatable bonds is 4. The van der Waals surface area contributed by atoms with Crippen molar-refractivity contribution in [3.05, 3.63) is 82.7 Å². The van der Waals surface area contributed by atoms with Gasteiger partial charge in [-0.05, 0) is 42.7 Å². The molecule has 0 spiro atoms. The molecule has 1 heterocycles. The molecule has 3 aromatic rings. The summed E-state index contributed by atoms with van der Waals surface area (Å²) in [7, 11) is 0. The van der Waals surface area contributed by atoms with Crippen LogP contribution in [-0.4, -0.2) is 11.0 Å². The number of benzene rings is 2. The first-order valence-electron chi connectivity index (χ1n) is 8.01. The van der Waals surface area contributed by atoms with Gasteiger partial charge in [0.05, 0.1) is 11.6 Å². The molecule has 4 nitrogen and oxygen atoms in total. The zero-order valence-corrected chi connectivity index (χ0v) is 14.2. The van der Waals surface area contributed by atoms with Crippen LogP contribution in [0.3, 0.4) is 0 Å². The molecule has 0 aliphatic rings. The van der Waals surface area contributed by atoms with E-state index in [-0.39, 0.29) is 12.6 Å². The Hall–Kier alpha value is -3.32. The third-order valence-corrected chi connectivity index (χ3v) is 4.16. The van der Waals surface area contributed by atoms with Crippen LogP contribution in [-0.2, 0) is 11.3 Å². The highest BCUT2D eigenvalue weighted by atomic mass is 16.5. The summed E-state index contributed by atoms with van der Waals surface area (Å²) in [5.74, 6) is -0.371. The summed E-state index contributed by atoms with van der Waals surface area (Å²) in [5, 5.41) is 8.92. The van der Waals surface area contributed by atoms with Gasteiger partial charge in [-0.15, -0.1) is 0 Å². The van der Waals surface area contributed by atoms with E-state index in [4.69, 9.17) is 10.00 Å². The van der Waals surface area contributed by atoms with Crippen molar-refractivity contribution in [2.75, 3.05) is 0 Å². The molecule has 0 fully saturated rings. The Morgan fingerprint density at radius 3 is 2.40 bits per heavy atom. The van der Waals surface area contributed by atoms with Crippen LogP contribution < -0.4 is 0 Å². The summed E-state index contributed by atoms with van der Waals surface area (Å²) in [6.45, 7) is 4.06. The minimum atomic E-state index is -0.371. The number of hydrogen-bond acceptors (Lipinski definition) is 3. The van der Waals surface area contributed by atoms with Gasteiger partial charge in [-0.3, -0.25) is 0 Å². The molecule has 1 aromatic heterocycles. The van der Waals surface area contributed by atoms with E-state index in [1.807, 2.05) is 56.3 Å². The number of aromatic nitrogens is 1. The molecular formula is C21H18N2O2. The van der Waals surface area contributed by atoms with E-state index in [1.165, 1.54) is 0 Å². The van der Waals surface area contributed by atoms with E-state index >= 15 is 0 Å². The minimum absolute atomic E-state index is 0.239. The smallest absolute Gasteiger partial charge is 0.355 e. The van der Waals surface area contributed by atoms with Crippen LogP contribution in [0, 0.1) is 25.2 Å². The van der Waals surface area contributed by atoms with E-state index in [0.717, 1.165) is 27.9 Å². The lowest BCUT2D eigenvalue weighted by Gasteiger charge is -2.05. The molecule has 25 heavy (non-hydrogen) atoms. The first-order valence-corrected chi connectivity index (χ1v) is 8.01. The van der Waals surface area contributed by atoms with Crippen molar-refractivity contribution < 1.29 is 9.53 Å². The Balaban J connectivity index is 1.83. The second-order valence-electron chi connectivity index (χ2n) is 5.88. The van der Waals surface area contributed by atoms with Gasteiger partial charge in [0.2, 0.25) is 0 Å². The molecule has 0 bridgehead atoms. The number of aromatic amines is 1. The van der Waals surface area contributed by atoms with E-state index in [0.29, 0.717) is 11.3 Å². The van der Waals surface area contributed by atoms with Gasteiger partial charge in [0, 0.05) is 11.3 Å². The summed E-state index contributed by atoms with van der Waals surface area (Å²) in [5.41, 5.74) is 5.70. The summed E-state index contributed by atoms with van der Waals surface area (Å²) in [6.07, 6.45) is 0. The number of nitriles is 1. The Bertz CT molecular complexity index is 933. The molecule has 4 heteroatoms. The fourth-order valence-electron chi connectivity index (χ4n) is 2.89. The van der Waals surface area contributed by atoms with Crippen LogP contribution in [0.25, 0.3) is 11.1 Å². The molecule has 0 saturated carbocycles. The number of carbonyl (C=O) groups excluding carboxylic acids is 1. The van der Waals surface area contributed by atoms with Gasteiger partial charge in [-0.2, -0.15) is 5.26 Å². The first-order chi connectivity index (χ1) is 12.1. The minimum Gasteiger partial charge on any atom is -0.456 e. The van der Waals surface area contributed by atoms with Crippen molar-refractivity contribution in [2.24, 2.45) is 0 Å². The highest BCUT2D eigenvalue weighted by Crippen LogP contribution is 2.30. The standard InChI is InChI=1S/C21H18N2O2/c1-14-19(18-10-8-16(12-22)9-11-18)15(2)23-20(14)21(24)25-13-17-6-4-3-5-7-17/h3-11,23H,13H2,1-2H3. The van der Waals surface area contributed by atoms with Crippen LogP contribution >= 0.6 is 0 Å². The largest absolute Gasteiger partial charge is 0.456 e. The number of ether oxygens (including phenoxy) is 1. The van der Waals surface area contributed by atoms with Gasteiger partial charge in [0.25, 0.3) is 0 Å². The molecule has 3 rings (SSSR count). The summed E-state index contributed by atoms with van der Waals surface area (Å²) < 4.78 is 5.42. The molecule has 0 aliphatic carbocycles. The highest BCUT2D eigenvalue weighted by molar-refractivity contribution is 5.92. The molecule has 2 aromatic carbocycles. The molecule has 0 amide bonds. The van der Waals surface area contributed by atoms with Crippen molar-refractivity contribution in [1.82, 2.24) is 4.98 Å². The number of nitrogens with one attached hydrogen (secondary N) is 1. The van der Waals surface area contributed by atoms with Crippen LogP contribution in [0.4, 0.5) is 0 Å². The average molecular weight is 330 g/mol. The lowest BCUT2D eigenvalue weighted by atomic mass is 10.0. The van der Waals surface area contributed by atoms with Crippen LogP contribution in [0.2, 0.25) is 0 Å². The molecule has 0 unspecified atom stereocenters. The molecule has 0 aliphatic heterocycles. The second kappa shape index (κ2) is 7.06. The van der Waals surface area contributed by atoms with Crippen molar-refractivity contribution in [2.45, 2.75) is 20.5 Å². The topological polar surface area (TPSA) is 65.9 Å². The Labute approximate surface area is 146 Å². The van der Waals surface area contributed by atoms with Gasteiger partial charge < -0.3 is 9.72 Å². The predicted molar refractivity (Wildman–Crippen MR) is 96.0 cm³/mol. The maximum Gasteiger partial charge on any atom is 0.355 e. The second-order valence-corrected chi connectivity index (χ2v) is 5.88. The zero-order valence-electron chi connectivity index (χ0n) is 14.2. The normalized spacial score (nSPS) is 10.3. The predicted octanol–water partition coefficient (Wildman–Crippen LogP) is 4.53. The molecule has 0 saturated heterocycles. The molecule has 0 radical (unpaired) electrons. The maximum atomic E-state index is 12.4. The van der Waals surface area contributed by atoms with Gasteiger partial charge in [-0.25, -0.2) is 4.79 Å². The third-order valence-electron chi connectivity index (χ3n) is 4.16. The Morgan fingerprint density at radius 1 is 1.08 bits per heavy atom. The van der Waals surface area contributed by atoms with Gasteiger partial charge in [-0.1, -0.05) is 42.5 Å². The number of carbonyl (C=O) groups is 1. The van der Waals surface area contributed by atoms with Crippen molar-refractivity contribution >= 4 is 5.97 Å². The molecule has 124 valence electrons. The summed E-state index contributed by atoms with van der Waals surface area (Å²) >= 11 is 0. The van der Waals surface area contributed by atoms with Gasteiger partial charge in [0.1, 0.15) is 12.3 Å². The first kappa shape index (κ1) is 16.5. The van der Waals surface area contributed by atoms with Crippen LogP contribution in [0.1, 0.15) is 32.9 Å². The Morgan fingerprint density at radius 2 is 1.76 bits per heavy atom. The zero-order chi connectivity index (χ0) is 17.8. The number of H-pyrrole nitrogens is 1. The van der Waals surface area contributed by atoms with E-state index < -0.39 is 0 Å². The fourth-order valence-corrected chi connectivity index (χ4v) is 2.89. The summed E-state index contributed by atoms with van der Waals surface area (Å²) in [4.78, 5) is 15.6. The number of hydrogen-bond donors (Lipinski definition) is 1. The SMILES string of the molecule is Cc1[nH]c(C(=O)OCc2ccccc2)c(C)c1-c1ccc(C#N)cc1. The van der Waals surface area contributed by atoms with E-state index in [1.54, 1.807) is 12.1 Å². The summed E-state index contributed by atoms with van der Waals surface area (Å²) in [6, 6.07) is 19.0. The van der Waals surface area contributed by atoms with Crippen molar-refractivity contribution in [1.29, 1.82) is 5.26 Å². The van der Waals surface area contributed by atoms with E-state index in [9.17, 15) is 4.79 Å². The number of aryl methyl sites for hydroxylation is 1. The molecule has 1 N–H and O–H groups in total. The average Bonchev–Trinajstić information content (AvgIpc) is 2.95. The fraction of sp³-hybridized carbons (Fsp3) is 0.143. The Kier molecular flexibility index (Phi) is 4.67. The van der Waals surface area contributed by atoms with Crippen molar-refractivity contribution in [3.8, 4) is 17.2 Å². The lowest BCUT2D eigenvalue weighted by Crippen LogP contribution is -2.07. The van der Waals surface area contributed by atoms with E-state index in [2.05, 4.69) is 11.1 Å². The van der Waals surface area contributed by atoms with Crippen molar-refractivity contribution in [3.63, 3.8) is 0 Å². The third kappa shape index (κ3) is 3.46. The van der Waals surface area contributed by atoms with Crippen LogP contribution in [0.15, 0.2) is 54.6 Å².